The second-order valence-electron chi connectivity index (χ2n) is 4.80. The van der Waals surface area contributed by atoms with E-state index >= 15 is 0 Å². The van der Waals surface area contributed by atoms with Crippen molar-refractivity contribution in [3.05, 3.63) is 35.0 Å². The lowest BCUT2D eigenvalue weighted by atomic mass is 10.1. The summed E-state index contributed by atoms with van der Waals surface area (Å²) in [5, 5.41) is 10.4. The van der Waals surface area contributed by atoms with Gasteiger partial charge in [-0.1, -0.05) is 11.6 Å². The number of carbonyl (C=O) groups is 1. The zero-order valence-electron chi connectivity index (χ0n) is 14.3. The Balaban J connectivity index is 2.34. The molecule has 0 saturated heterocycles. The van der Waals surface area contributed by atoms with Gasteiger partial charge in [0.25, 0.3) is 5.91 Å². The lowest BCUT2D eigenvalue weighted by Gasteiger charge is -2.17. The summed E-state index contributed by atoms with van der Waals surface area (Å²) < 4.78 is 16.8. The molecule has 1 N–H and O–H groups in total. The fraction of sp³-hybridized carbons (Fsp3) is 0.353. The van der Waals surface area contributed by atoms with E-state index in [4.69, 9.17) is 25.8 Å². The Kier molecular flexibility index (Phi) is 6.82. The van der Waals surface area contributed by atoms with E-state index in [-0.39, 0.29) is 11.1 Å². The maximum absolute atomic E-state index is 12.5. The number of ether oxygens (including phenoxy) is 3. The molecule has 1 heterocycles. The highest BCUT2D eigenvalue weighted by atomic mass is 35.5. The van der Waals surface area contributed by atoms with Crippen molar-refractivity contribution >= 4 is 23.3 Å². The van der Waals surface area contributed by atoms with Gasteiger partial charge in [0.05, 0.1) is 19.8 Å². The third-order valence-corrected chi connectivity index (χ3v) is 3.25. The van der Waals surface area contributed by atoms with Gasteiger partial charge in [0.1, 0.15) is 0 Å². The summed E-state index contributed by atoms with van der Waals surface area (Å²) in [5.41, 5.74) is 0.354. The van der Waals surface area contributed by atoms with Gasteiger partial charge in [-0.3, -0.25) is 4.79 Å². The van der Waals surface area contributed by atoms with Crippen LogP contribution in [-0.2, 0) is 0 Å². The number of amides is 1. The molecule has 2 rings (SSSR count). The van der Waals surface area contributed by atoms with E-state index in [0.717, 1.165) is 0 Å². The topological polar surface area (TPSA) is 82.6 Å². The van der Waals surface area contributed by atoms with Crippen molar-refractivity contribution in [2.45, 2.75) is 20.8 Å². The number of aromatic nitrogens is 2. The molecular formula is C17H20ClN3O4. The first-order chi connectivity index (χ1) is 12.1. The number of halogens is 1. The Labute approximate surface area is 151 Å². The Morgan fingerprint density at radius 3 is 2.08 bits per heavy atom. The Morgan fingerprint density at radius 1 is 1.00 bits per heavy atom. The summed E-state index contributed by atoms with van der Waals surface area (Å²) in [5.74, 6) is 1.29. The van der Waals surface area contributed by atoms with Crippen LogP contribution in [0.15, 0.2) is 24.3 Å². The highest BCUT2D eigenvalue weighted by molar-refractivity contribution is 6.29. The van der Waals surface area contributed by atoms with Gasteiger partial charge in [-0.25, -0.2) is 0 Å². The molecule has 0 saturated carbocycles. The summed E-state index contributed by atoms with van der Waals surface area (Å²) in [6.45, 7) is 6.88. The number of carbonyl (C=O) groups excluding carboxylic acids is 1. The molecule has 8 heteroatoms. The lowest BCUT2D eigenvalue weighted by Crippen LogP contribution is -2.14. The van der Waals surface area contributed by atoms with E-state index < -0.39 is 0 Å². The molecule has 25 heavy (non-hydrogen) atoms. The fourth-order valence-electron chi connectivity index (χ4n) is 2.09. The van der Waals surface area contributed by atoms with Crippen LogP contribution < -0.4 is 19.5 Å². The summed E-state index contributed by atoms with van der Waals surface area (Å²) in [4.78, 5) is 12.5. The minimum absolute atomic E-state index is 0.247. The van der Waals surface area contributed by atoms with Gasteiger partial charge in [0.2, 0.25) is 5.75 Å². The van der Waals surface area contributed by atoms with Gasteiger partial charge in [0, 0.05) is 5.56 Å². The van der Waals surface area contributed by atoms with Gasteiger partial charge in [-0.2, -0.15) is 0 Å². The zero-order chi connectivity index (χ0) is 18.2. The summed E-state index contributed by atoms with van der Waals surface area (Å²) in [7, 11) is 0. The highest BCUT2D eigenvalue weighted by Crippen LogP contribution is 2.39. The SMILES string of the molecule is CCOc1cc(C(=O)Nc2ccc(Cl)nn2)cc(OCC)c1OCC. The summed E-state index contributed by atoms with van der Waals surface area (Å²) in [6, 6.07) is 6.32. The van der Waals surface area contributed by atoms with Crippen molar-refractivity contribution in [3.63, 3.8) is 0 Å². The average molecular weight is 366 g/mol. The van der Waals surface area contributed by atoms with E-state index in [1.165, 1.54) is 0 Å². The van der Waals surface area contributed by atoms with Crippen LogP contribution in [0, 0.1) is 0 Å². The first kappa shape index (κ1) is 18.8. The maximum atomic E-state index is 12.5. The standard InChI is InChI=1S/C17H20ClN3O4/c1-4-23-12-9-11(10-13(24-5-2)16(12)25-6-3)17(22)19-15-8-7-14(18)20-21-15/h7-10H,4-6H2,1-3H3,(H,19,21,22). The first-order valence-corrected chi connectivity index (χ1v) is 8.33. The highest BCUT2D eigenvalue weighted by Gasteiger charge is 2.18. The molecule has 0 bridgehead atoms. The van der Waals surface area contributed by atoms with Crippen LogP contribution in [0.5, 0.6) is 17.2 Å². The smallest absolute Gasteiger partial charge is 0.257 e. The molecule has 2 aromatic rings. The van der Waals surface area contributed by atoms with Crippen LogP contribution in [0.2, 0.25) is 5.15 Å². The molecule has 0 fully saturated rings. The number of rotatable bonds is 8. The van der Waals surface area contributed by atoms with Gasteiger partial charge >= 0.3 is 0 Å². The Hall–Kier alpha value is -2.54. The van der Waals surface area contributed by atoms with Crippen LogP contribution in [-0.4, -0.2) is 35.9 Å². The van der Waals surface area contributed by atoms with Crippen LogP contribution >= 0.6 is 11.6 Å². The number of hydrogen-bond acceptors (Lipinski definition) is 6. The van der Waals surface area contributed by atoms with Crippen molar-refractivity contribution in [1.29, 1.82) is 0 Å². The summed E-state index contributed by atoms with van der Waals surface area (Å²) >= 11 is 5.69. The minimum atomic E-state index is -0.374. The molecule has 0 radical (unpaired) electrons. The molecule has 0 unspecified atom stereocenters. The van der Waals surface area contributed by atoms with Crippen molar-refractivity contribution in [2.24, 2.45) is 0 Å². The van der Waals surface area contributed by atoms with Crippen molar-refractivity contribution in [3.8, 4) is 17.2 Å². The average Bonchev–Trinajstić information content (AvgIpc) is 2.60. The molecule has 0 atom stereocenters. The van der Waals surface area contributed by atoms with Crippen LogP contribution in [0.1, 0.15) is 31.1 Å². The number of anilines is 1. The maximum Gasteiger partial charge on any atom is 0.257 e. The monoisotopic (exact) mass is 365 g/mol. The van der Waals surface area contributed by atoms with E-state index in [0.29, 0.717) is 48.5 Å². The molecule has 1 amide bonds. The van der Waals surface area contributed by atoms with Gasteiger partial charge in [0.15, 0.2) is 22.5 Å². The predicted octanol–water partition coefficient (Wildman–Crippen LogP) is 3.58. The van der Waals surface area contributed by atoms with E-state index in [2.05, 4.69) is 15.5 Å². The van der Waals surface area contributed by atoms with Crippen LogP contribution in [0.25, 0.3) is 0 Å². The van der Waals surface area contributed by atoms with Crippen molar-refractivity contribution in [2.75, 3.05) is 25.1 Å². The zero-order valence-corrected chi connectivity index (χ0v) is 15.1. The fourth-order valence-corrected chi connectivity index (χ4v) is 2.19. The van der Waals surface area contributed by atoms with Crippen molar-refractivity contribution < 1.29 is 19.0 Å². The molecular weight excluding hydrogens is 346 g/mol. The normalized spacial score (nSPS) is 10.2. The van der Waals surface area contributed by atoms with E-state index in [1.807, 2.05) is 20.8 Å². The predicted molar refractivity (Wildman–Crippen MR) is 94.9 cm³/mol. The van der Waals surface area contributed by atoms with Crippen LogP contribution in [0.4, 0.5) is 5.82 Å². The third-order valence-electron chi connectivity index (χ3n) is 3.04. The second-order valence-corrected chi connectivity index (χ2v) is 5.18. The lowest BCUT2D eigenvalue weighted by molar-refractivity contribution is 0.102. The molecule has 0 aliphatic heterocycles. The second kappa shape index (κ2) is 9.08. The van der Waals surface area contributed by atoms with Gasteiger partial charge in [-0.05, 0) is 45.0 Å². The van der Waals surface area contributed by atoms with E-state index in [9.17, 15) is 4.79 Å². The molecule has 1 aromatic carbocycles. The van der Waals surface area contributed by atoms with E-state index in [1.54, 1.807) is 24.3 Å². The first-order valence-electron chi connectivity index (χ1n) is 7.96. The van der Waals surface area contributed by atoms with Crippen molar-refractivity contribution in [1.82, 2.24) is 10.2 Å². The molecule has 0 aliphatic carbocycles. The number of nitrogens with zero attached hydrogens (tertiary/aromatic N) is 2. The largest absolute Gasteiger partial charge is 0.490 e. The quantitative estimate of drug-likeness (QED) is 0.769. The number of nitrogens with one attached hydrogen (secondary N) is 1. The third kappa shape index (κ3) is 4.96. The number of benzene rings is 1. The number of hydrogen-bond donors (Lipinski definition) is 1. The van der Waals surface area contributed by atoms with Crippen LogP contribution in [0.3, 0.4) is 0 Å². The molecule has 0 spiro atoms. The van der Waals surface area contributed by atoms with Gasteiger partial charge in [-0.15, -0.1) is 10.2 Å². The molecule has 134 valence electrons. The van der Waals surface area contributed by atoms with Gasteiger partial charge < -0.3 is 19.5 Å². The molecule has 1 aromatic heterocycles. The Bertz CT molecular complexity index is 695. The summed E-state index contributed by atoms with van der Waals surface area (Å²) in [6.07, 6.45) is 0. The molecule has 7 nitrogen and oxygen atoms in total. The molecule has 0 aliphatic rings. The minimum Gasteiger partial charge on any atom is -0.490 e. The Morgan fingerprint density at radius 2 is 1.60 bits per heavy atom.